The Morgan fingerprint density at radius 2 is 2.50 bits per heavy atom. The van der Waals surface area contributed by atoms with Gasteiger partial charge in [-0.05, 0) is 0 Å². The first-order valence-electron chi connectivity index (χ1n) is 4.79. The number of aliphatic hydroxyl groups is 1. The van der Waals surface area contributed by atoms with Crippen LogP contribution in [0.2, 0.25) is 0 Å². The van der Waals surface area contributed by atoms with E-state index in [-0.39, 0.29) is 24.8 Å². The van der Waals surface area contributed by atoms with Gasteiger partial charge in [0, 0.05) is 20.7 Å². The molecule has 90 valence electrons. The van der Waals surface area contributed by atoms with Crippen LogP contribution >= 0.6 is 0 Å². The van der Waals surface area contributed by atoms with Crippen molar-refractivity contribution in [3.63, 3.8) is 0 Å². The fourth-order valence-corrected chi connectivity index (χ4v) is 1.28. The highest BCUT2D eigenvalue weighted by Crippen LogP contribution is 2.08. The van der Waals surface area contributed by atoms with E-state index >= 15 is 0 Å². The third kappa shape index (κ3) is 2.94. The summed E-state index contributed by atoms with van der Waals surface area (Å²) in [5, 5.41) is 15.7. The van der Waals surface area contributed by atoms with Crippen molar-refractivity contribution in [1.82, 2.24) is 15.1 Å². The molecule has 1 rings (SSSR count). The maximum atomic E-state index is 11.7. The predicted molar refractivity (Wildman–Crippen MR) is 57.8 cm³/mol. The second-order valence-electron chi connectivity index (χ2n) is 3.39. The summed E-state index contributed by atoms with van der Waals surface area (Å²) < 4.78 is 6.11. The predicted octanol–water partition coefficient (Wildman–Crippen LogP) is -1.26. The van der Waals surface area contributed by atoms with Crippen LogP contribution in [0.1, 0.15) is 10.5 Å². The maximum absolute atomic E-state index is 11.7. The molecule has 1 amide bonds. The van der Waals surface area contributed by atoms with Crippen LogP contribution in [0.4, 0.5) is 5.69 Å². The monoisotopic (exact) mass is 228 g/mol. The molecular formula is C9H16N4O3. The second kappa shape index (κ2) is 5.47. The minimum absolute atomic E-state index is 0.108. The molecule has 4 N–H and O–H groups in total. The lowest BCUT2D eigenvalue weighted by molar-refractivity contribution is 0.0608. The Labute approximate surface area is 93.2 Å². The number of amides is 1. The topological polar surface area (TPSA) is 102 Å². The van der Waals surface area contributed by atoms with Crippen molar-refractivity contribution in [2.45, 2.75) is 6.10 Å². The Bertz CT molecular complexity index is 344. The molecule has 0 radical (unpaired) electrons. The highest BCUT2D eigenvalue weighted by molar-refractivity contribution is 5.97. The van der Waals surface area contributed by atoms with E-state index in [4.69, 9.17) is 10.5 Å². The van der Waals surface area contributed by atoms with Crippen molar-refractivity contribution in [1.29, 1.82) is 0 Å². The molecule has 7 nitrogen and oxygen atoms in total. The van der Waals surface area contributed by atoms with Crippen LogP contribution in [0.15, 0.2) is 6.20 Å². The molecule has 0 spiro atoms. The number of carbonyl (C=O) groups is 1. The number of aliphatic hydroxyl groups excluding tert-OH is 1. The number of nitrogens with zero attached hydrogens (tertiary/aromatic N) is 2. The maximum Gasteiger partial charge on any atom is 0.271 e. The van der Waals surface area contributed by atoms with Gasteiger partial charge in [-0.25, -0.2) is 0 Å². The van der Waals surface area contributed by atoms with E-state index in [9.17, 15) is 9.90 Å². The quantitative estimate of drug-likeness (QED) is 0.583. The van der Waals surface area contributed by atoms with E-state index in [0.717, 1.165) is 0 Å². The average molecular weight is 228 g/mol. The van der Waals surface area contributed by atoms with Crippen LogP contribution in [-0.4, -0.2) is 47.2 Å². The summed E-state index contributed by atoms with van der Waals surface area (Å²) in [6.45, 7) is 0.276. The minimum atomic E-state index is -0.733. The standard InChI is InChI=1S/C9H16N4O3/c1-13-8(7(10)4-12-13)9(15)11-3-6(14)5-16-2/h4,6,14H,3,5,10H2,1-2H3,(H,11,15). The molecule has 0 fully saturated rings. The molecule has 7 heteroatoms. The zero-order chi connectivity index (χ0) is 12.1. The summed E-state index contributed by atoms with van der Waals surface area (Å²) in [5.41, 5.74) is 6.16. The van der Waals surface area contributed by atoms with Gasteiger partial charge in [-0.15, -0.1) is 0 Å². The molecule has 1 aromatic heterocycles. The number of nitrogens with one attached hydrogen (secondary N) is 1. The van der Waals surface area contributed by atoms with Crippen LogP contribution in [0.5, 0.6) is 0 Å². The van der Waals surface area contributed by atoms with E-state index in [1.54, 1.807) is 7.05 Å². The molecule has 1 heterocycles. The first-order valence-corrected chi connectivity index (χ1v) is 4.79. The van der Waals surface area contributed by atoms with Gasteiger partial charge < -0.3 is 20.9 Å². The van der Waals surface area contributed by atoms with E-state index in [2.05, 4.69) is 10.4 Å². The number of anilines is 1. The molecule has 16 heavy (non-hydrogen) atoms. The number of nitrogens with two attached hydrogens (primary N) is 1. The number of hydrogen-bond acceptors (Lipinski definition) is 5. The smallest absolute Gasteiger partial charge is 0.271 e. The Morgan fingerprint density at radius 1 is 1.81 bits per heavy atom. The highest BCUT2D eigenvalue weighted by Gasteiger charge is 2.15. The van der Waals surface area contributed by atoms with Gasteiger partial charge in [0.1, 0.15) is 5.69 Å². The number of nitrogen functional groups attached to an aromatic ring is 1. The van der Waals surface area contributed by atoms with E-state index in [1.807, 2.05) is 0 Å². The van der Waals surface area contributed by atoms with Crippen LogP contribution in [0.25, 0.3) is 0 Å². The number of hydrogen-bond donors (Lipinski definition) is 3. The molecule has 0 aliphatic carbocycles. The van der Waals surface area contributed by atoms with Crippen molar-refractivity contribution in [3.8, 4) is 0 Å². The molecule has 1 aromatic rings. The van der Waals surface area contributed by atoms with E-state index in [0.29, 0.717) is 5.69 Å². The molecule has 1 unspecified atom stereocenters. The number of methoxy groups -OCH3 is 1. The zero-order valence-electron chi connectivity index (χ0n) is 9.30. The fourth-order valence-electron chi connectivity index (χ4n) is 1.28. The molecule has 0 aliphatic heterocycles. The Morgan fingerprint density at radius 3 is 3.00 bits per heavy atom. The molecule has 1 atom stereocenters. The number of rotatable bonds is 5. The van der Waals surface area contributed by atoms with Crippen LogP contribution in [-0.2, 0) is 11.8 Å². The summed E-state index contributed by atoms with van der Waals surface area (Å²) in [6.07, 6.45) is 0.670. The molecule has 0 saturated heterocycles. The summed E-state index contributed by atoms with van der Waals surface area (Å²) in [6, 6.07) is 0. The first kappa shape index (κ1) is 12.5. The van der Waals surface area contributed by atoms with Crippen molar-refractivity contribution in [3.05, 3.63) is 11.9 Å². The average Bonchev–Trinajstić information content (AvgIpc) is 2.56. The van der Waals surface area contributed by atoms with Crippen molar-refractivity contribution in [2.75, 3.05) is 26.0 Å². The van der Waals surface area contributed by atoms with Crippen LogP contribution < -0.4 is 11.1 Å². The lowest BCUT2D eigenvalue weighted by Crippen LogP contribution is -2.35. The van der Waals surface area contributed by atoms with Crippen molar-refractivity contribution >= 4 is 11.6 Å². The van der Waals surface area contributed by atoms with Gasteiger partial charge in [0.25, 0.3) is 5.91 Å². The normalized spacial score (nSPS) is 12.4. The molecule has 0 bridgehead atoms. The lowest BCUT2D eigenvalue weighted by atomic mass is 10.3. The van der Waals surface area contributed by atoms with Gasteiger partial charge in [0.2, 0.25) is 0 Å². The molecule has 0 aliphatic rings. The van der Waals surface area contributed by atoms with Crippen molar-refractivity contribution in [2.24, 2.45) is 7.05 Å². The van der Waals surface area contributed by atoms with Crippen molar-refractivity contribution < 1.29 is 14.6 Å². The molecule has 0 saturated carbocycles. The van der Waals surface area contributed by atoms with Gasteiger partial charge >= 0.3 is 0 Å². The first-order chi connectivity index (χ1) is 7.56. The van der Waals surface area contributed by atoms with E-state index in [1.165, 1.54) is 18.0 Å². The van der Waals surface area contributed by atoms with Gasteiger partial charge in [-0.2, -0.15) is 5.10 Å². The third-order valence-corrected chi connectivity index (χ3v) is 2.04. The molecule has 0 aromatic carbocycles. The van der Waals surface area contributed by atoms with Gasteiger partial charge in [0.15, 0.2) is 0 Å². The zero-order valence-corrected chi connectivity index (χ0v) is 9.30. The van der Waals surface area contributed by atoms with Gasteiger partial charge in [-0.3, -0.25) is 9.48 Å². The third-order valence-electron chi connectivity index (χ3n) is 2.04. The Hall–Kier alpha value is -1.60. The Kier molecular flexibility index (Phi) is 4.27. The fraction of sp³-hybridized carbons (Fsp3) is 0.556. The highest BCUT2D eigenvalue weighted by atomic mass is 16.5. The summed E-state index contributed by atoms with van der Waals surface area (Å²) in [5.74, 6) is -0.368. The summed E-state index contributed by atoms with van der Waals surface area (Å²) in [4.78, 5) is 11.7. The number of ether oxygens (including phenoxy) is 1. The SMILES string of the molecule is COCC(O)CNC(=O)c1c(N)cnn1C. The molecular weight excluding hydrogens is 212 g/mol. The number of aryl methyl sites for hydroxylation is 1. The van der Waals surface area contributed by atoms with E-state index < -0.39 is 6.10 Å². The Balaban J connectivity index is 2.53. The second-order valence-corrected chi connectivity index (χ2v) is 3.39. The van der Waals surface area contributed by atoms with Gasteiger partial charge in [0.05, 0.1) is 24.6 Å². The number of carbonyl (C=O) groups excluding carboxylic acids is 1. The lowest BCUT2D eigenvalue weighted by Gasteiger charge is -2.11. The number of aromatic nitrogens is 2. The largest absolute Gasteiger partial charge is 0.396 e. The minimum Gasteiger partial charge on any atom is -0.396 e. The van der Waals surface area contributed by atoms with Crippen LogP contribution in [0, 0.1) is 0 Å². The van der Waals surface area contributed by atoms with Crippen LogP contribution in [0.3, 0.4) is 0 Å². The summed E-state index contributed by atoms with van der Waals surface area (Å²) in [7, 11) is 3.10. The summed E-state index contributed by atoms with van der Waals surface area (Å²) >= 11 is 0. The van der Waals surface area contributed by atoms with Gasteiger partial charge in [-0.1, -0.05) is 0 Å².